The smallest absolute Gasteiger partial charge is 0.310 e. The van der Waals surface area contributed by atoms with E-state index in [9.17, 15) is 13.2 Å². The van der Waals surface area contributed by atoms with Crippen LogP contribution in [0.15, 0.2) is 121 Å². The molecule has 1 nitrogen and oxygen atoms in total. The van der Waals surface area contributed by atoms with Crippen LogP contribution in [-0.4, -0.2) is 0 Å². The fourth-order valence-electron chi connectivity index (χ4n) is 6.99. The summed E-state index contributed by atoms with van der Waals surface area (Å²) in [7, 11) is 0. The van der Waals surface area contributed by atoms with Crippen LogP contribution in [0, 0.1) is 0 Å². The van der Waals surface area contributed by atoms with E-state index < -0.39 is 11.7 Å². The van der Waals surface area contributed by atoms with Gasteiger partial charge in [0, 0.05) is 22.5 Å². The van der Waals surface area contributed by atoms with Crippen LogP contribution in [0.3, 0.4) is 0 Å². The van der Waals surface area contributed by atoms with Gasteiger partial charge in [-0.1, -0.05) is 112 Å². The van der Waals surface area contributed by atoms with E-state index in [4.69, 9.17) is 0 Å². The number of nitrogens with zero attached hydrogens (tertiary/aromatic N) is 1. The lowest BCUT2D eigenvalue weighted by atomic mass is 9.70. The molecule has 44 heavy (non-hydrogen) atoms. The molecule has 4 heteroatoms. The van der Waals surface area contributed by atoms with Gasteiger partial charge < -0.3 is 4.90 Å². The summed E-state index contributed by atoms with van der Waals surface area (Å²) in [4.78, 5) is 2.29. The van der Waals surface area contributed by atoms with E-state index in [2.05, 4.69) is 97.6 Å². The number of rotatable bonds is 10. The first-order chi connectivity index (χ1) is 21.4. The van der Waals surface area contributed by atoms with Gasteiger partial charge in [-0.15, -0.1) is 0 Å². The van der Waals surface area contributed by atoms with Crippen LogP contribution < -0.4 is 4.90 Å². The molecule has 0 atom stereocenters. The van der Waals surface area contributed by atoms with Crippen LogP contribution in [0.2, 0.25) is 0 Å². The van der Waals surface area contributed by atoms with Crippen molar-refractivity contribution in [2.24, 2.45) is 0 Å². The molecule has 0 unspecified atom stereocenters. The maximum atomic E-state index is 14.1. The number of halogens is 3. The Bertz CT molecular complexity index is 1680. The molecule has 0 aromatic heterocycles. The largest absolute Gasteiger partial charge is 0.417 e. The summed E-state index contributed by atoms with van der Waals surface area (Å²) in [6.45, 7) is 4.42. The summed E-state index contributed by atoms with van der Waals surface area (Å²) >= 11 is 0. The summed E-state index contributed by atoms with van der Waals surface area (Å²) in [5.41, 5.74) is 7.98. The summed E-state index contributed by atoms with van der Waals surface area (Å²) in [5.74, 6) is 0. The number of hydrogen-bond acceptors (Lipinski definition) is 1. The van der Waals surface area contributed by atoms with Crippen LogP contribution in [0.4, 0.5) is 30.2 Å². The van der Waals surface area contributed by atoms with Gasteiger partial charge in [0.25, 0.3) is 0 Å². The lowest BCUT2D eigenvalue weighted by Crippen LogP contribution is -2.26. The van der Waals surface area contributed by atoms with Crippen molar-refractivity contribution < 1.29 is 13.2 Å². The third kappa shape index (κ3) is 5.43. The van der Waals surface area contributed by atoms with Gasteiger partial charge in [0.1, 0.15) is 0 Å². The van der Waals surface area contributed by atoms with Crippen molar-refractivity contribution in [3.8, 4) is 22.3 Å². The SMILES string of the molecule is CCCCC1(CCCC)c2cc(-c3ccccc3C(F)(F)F)ccc2-c2ccc(N(c3ccccc3)c3ccccc3)cc21. The number of hydrogen-bond donors (Lipinski definition) is 0. The highest BCUT2D eigenvalue weighted by Gasteiger charge is 2.43. The van der Waals surface area contributed by atoms with Crippen molar-refractivity contribution in [3.63, 3.8) is 0 Å². The maximum absolute atomic E-state index is 14.1. The van der Waals surface area contributed by atoms with Crippen LogP contribution in [-0.2, 0) is 11.6 Å². The zero-order chi connectivity index (χ0) is 30.7. The average molecular weight is 590 g/mol. The Kier molecular flexibility index (Phi) is 8.35. The molecule has 1 aliphatic carbocycles. The Labute approximate surface area is 259 Å². The predicted molar refractivity (Wildman–Crippen MR) is 177 cm³/mol. The maximum Gasteiger partial charge on any atom is 0.417 e. The van der Waals surface area contributed by atoms with Gasteiger partial charge in [0.15, 0.2) is 0 Å². The monoisotopic (exact) mass is 589 g/mol. The second kappa shape index (κ2) is 12.4. The quantitative estimate of drug-likeness (QED) is 0.157. The summed E-state index contributed by atoms with van der Waals surface area (Å²) < 4.78 is 42.3. The lowest BCUT2D eigenvalue weighted by molar-refractivity contribution is -0.137. The molecule has 0 N–H and O–H groups in total. The van der Waals surface area contributed by atoms with Crippen molar-refractivity contribution >= 4 is 17.1 Å². The number of anilines is 3. The Morgan fingerprint density at radius 3 is 1.64 bits per heavy atom. The molecule has 0 aliphatic heterocycles. The van der Waals surface area contributed by atoms with Crippen LogP contribution >= 0.6 is 0 Å². The summed E-state index contributed by atoms with van der Waals surface area (Å²) in [6.07, 6.45) is 1.66. The van der Waals surface area contributed by atoms with E-state index in [1.807, 2.05) is 18.2 Å². The normalized spacial score (nSPS) is 13.4. The lowest BCUT2D eigenvalue weighted by Gasteiger charge is -2.34. The zero-order valence-corrected chi connectivity index (χ0v) is 25.4. The molecule has 0 saturated heterocycles. The highest BCUT2D eigenvalue weighted by molar-refractivity contribution is 5.87. The molecule has 224 valence electrons. The summed E-state index contributed by atoms with van der Waals surface area (Å²) in [6, 6.07) is 39.5. The molecule has 0 spiro atoms. The van der Waals surface area contributed by atoms with E-state index >= 15 is 0 Å². The molecular weight excluding hydrogens is 551 g/mol. The molecule has 0 amide bonds. The van der Waals surface area contributed by atoms with Crippen molar-refractivity contribution in [2.75, 3.05) is 4.90 Å². The van der Waals surface area contributed by atoms with E-state index in [1.165, 1.54) is 23.3 Å². The standard InChI is InChI=1S/C40H38F3N/c1-3-5-25-39(26-6-4-2)37-27-29(33-19-13-14-20-36(33)40(41,42)43)21-23-34(37)35-24-22-32(28-38(35)39)44(30-15-9-7-10-16-30)31-17-11-8-12-18-31/h7-24,27-28H,3-6,25-26H2,1-2H3. The van der Waals surface area contributed by atoms with Crippen molar-refractivity contribution in [2.45, 2.75) is 64.0 Å². The number of unbranched alkanes of at least 4 members (excludes halogenated alkanes) is 2. The fourth-order valence-corrected chi connectivity index (χ4v) is 6.99. The van der Waals surface area contributed by atoms with Crippen LogP contribution in [0.25, 0.3) is 22.3 Å². The fraction of sp³-hybridized carbons (Fsp3) is 0.250. The van der Waals surface area contributed by atoms with Gasteiger partial charge in [0.05, 0.1) is 5.56 Å². The molecule has 5 aromatic rings. The number of alkyl halides is 3. The van der Waals surface area contributed by atoms with Gasteiger partial charge in [-0.2, -0.15) is 13.2 Å². The Hall–Kier alpha value is -4.31. The molecule has 6 rings (SSSR count). The molecule has 1 aliphatic rings. The van der Waals surface area contributed by atoms with Crippen LogP contribution in [0.1, 0.15) is 69.1 Å². The van der Waals surface area contributed by atoms with Crippen molar-refractivity contribution in [1.82, 2.24) is 0 Å². The summed E-state index contributed by atoms with van der Waals surface area (Å²) in [5, 5.41) is 0. The van der Waals surface area contributed by atoms with E-state index in [-0.39, 0.29) is 11.0 Å². The van der Waals surface area contributed by atoms with E-state index in [0.717, 1.165) is 66.7 Å². The number of fused-ring (bicyclic) bond motifs is 3. The first kappa shape index (κ1) is 29.7. The number of para-hydroxylation sites is 2. The van der Waals surface area contributed by atoms with Gasteiger partial charge in [-0.05, 0) is 94.8 Å². The van der Waals surface area contributed by atoms with Crippen molar-refractivity contribution in [3.05, 3.63) is 138 Å². The molecule has 0 fully saturated rings. The molecule has 0 heterocycles. The molecule has 0 bridgehead atoms. The molecule has 0 saturated carbocycles. The minimum absolute atomic E-state index is 0.235. The third-order valence-electron chi connectivity index (χ3n) is 9.09. The second-order valence-corrected chi connectivity index (χ2v) is 11.8. The Balaban J connectivity index is 1.56. The third-order valence-corrected chi connectivity index (χ3v) is 9.09. The highest BCUT2D eigenvalue weighted by Crippen LogP contribution is 2.56. The topological polar surface area (TPSA) is 3.24 Å². The van der Waals surface area contributed by atoms with Crippen LogP contribution in [0.5, 0.6) is 0 Å². The van der Waals surface area contributed by atoms with Gasteiger partial charge in [-0.3, -0.25) is 0 Å². The van der Waals surface area contributed by atoms with Gasteiger partial charge >= 0.3 is 6.18 Å². The first-order valence-electron chi connectivity index (χ1n) is 15.7. The molecule has 5 aromatic carbocycles. The highest BCUT2D eigenvalue weighted by atomic mass is 19.4. The molecular formula is C40H38F3N. The van der Waals surface area contributed by atoms with E-state index in [0.29, 0.717) is 5.56 Å². The van der Waals surface area contributed by atoms with Gasteiger partial charge in [-0.25, -0.2) is 0 Å². The minimum atomic E-state index is -4.42. The van der Waals surface area contributed by atoms with E-state index in [1.54, 1.807) is 12.1 Å². The zero-order valence-electron chi connectivity index (χ0n) is 25.4. The second-order valence-electron chi connectivity index (χ2n) is 11.8. The van der Waals surface area contributed by atoms with Gasteiger partial charge in [0.2, 0.25) is 0 Å². The predicted octanol–water partition coefficient (Wildman–Crippen LogP) is 12.5. The minimum Gasteiger partial charge on any atom is -0.310 e. The number of benzene rings is 5. The molecule has 0 radical (unpaired) electrons. The Morgan fingerprint density at radius 2 is 1.07 bits per heavy atom. The Morgan fingerprint density at radius 1 is 0.545 bits per heavy atom. The first-order valence-corrected chi connectivity index (χ1v) is 15.7. The van der Waals surface area contributed by atoms with Crippen molar-refractivity contribution in [1.29, 1.82) is 0 Å². The average Bonchev–Trinajstić information content (AvgIpc) is 3.32.